The topological polar surface area (TPSA) is 24.5 Å². The molecule has 1 N–H and O–H groups in total. The highest BCUT2D eigenvalue weighted by Crippen LogP contribution is 2.35. The Kier molecular flexibility index (Phi) is 6.26. The van der Waals surface area contributed by atoms with Crippen LogP contribution < -0.4 is 5.32 Å². The van der Waals surface area contributed by atoms with Crippen molar-refractivity contribution in [2.45, 2.75) is 5.92 Å². The van der Waals surface area contributed by atoms with Gasteiger partial charge in [-0.15, -0.1) is 0 Å². The largest absolute Gasteiger partial charge is 0.379 e. The molecule has 0 unspecified atom stereocenters. The fourth-order valence-corrected chi connectivity index (χ4v) is 4.79. The first-order valence-electron chi connectivity index (χ1n) is 11.4. The lowest BCUT2D eigenvalue weighted by Gasteiger charge is -2.27. The van der Waals surface area contributed by atoms with Crippen molar-refractivity contribution in [3.05, 3.63) is 96.1 Å². The average molecular weight is 411 g/mol. The van der Waals surface area contributed by atoms with Crippen LogP contribution in [0.4, 0.5) is 0 Å². The summed E-state index contributed by atoms with van der Waals surface area (Å²) in [5.74, 6) is 0.195. The average Bonchev–Trinajstić information content (AvgIpc) is 2.84. The van der Waals surface area contributed by atoms with E-state index < -0.39 is 0 Å². The molecule has 0 spiro atoms. The Bertz CT molecular complexity index is 1060. The van der Waals surface area contributed by atoms with Crippen molar-refractivity contribution in [1.82, 2.24) is 10.2 Å². The van der Waals surface area contributed by atoms with Gasteiger partial charge in [0.2, 0.25) is 0 Å². The van der Waals surface area contributed by atoms with Gasteiger partial charge in [0.1, 0.15) is 0 Å². The van der Waals surface area contributed by atoms with E-state index in [1.807, 2.05) is 0 Å². The first-order valence-corrected chi connectivity index (χ1v) is 11.4. The van der Waals surface area contributed by atoms with Crippen LogP contribution in [0.3, 0.4) is 0 Å². The number of nitrogens with one attached hydrogen (secondary N) is 1. The van der Waals surface area contributed by atoms with Gasteiger partial charge in [0.25, 0.3) is 0 Å². The molecule has 0 amide bonds. The molecule has 0 bridgehead atoms. The molecule has 5 rings (SSSR count). The number of fused-ring (bicyclic) bond motifs is 2. The summed E-state index contributed by atoms with van der Waals surface area (Å²) >= 11 is 0. The Morgan fingerprint density at radius 3 is 1.87 bits per heavy atom. The zero-order valence-electron chi connectivity index (χ0n) is 18.0. The lowest BCUT2D eigenvalue weighted by atomic mass is 9.86. The van der Waals surface area contributed by atoms with Gasteiger partial charge < -0.3 is 10.1 Å². The molecule has 1 heterocycles. The Morgan fingerprint density at radius 2 is 1.26 bits per heavy atom. The van der Waals surface area contributed by atoms with E-state index in [1.54, 1.807) is 0 Å². The Hall–Kier alpha value is -2.72. The molecular formula is C28H30N2O. The van der Waals surface area contributed by atoms with Crippen molar-refractivity contribution in [3.8, 4) is 0 Å². The highest BCUT2D eigenvalue weighted by atomic mass is 16.5. The first kappa shape index (κ1) is 20.2. The van der Waals surface area contributed by atoms with Gasteiger partial charge in [-0.3, -0.25) is 4.90 Å². The zero-order valence-corrected chi connectivity index (χ0v) is 18.0. The summed E-state index contributed by atoms with van der Waals surface area (Å²) in [6.07, 6.45) is 0. The molecule has 3 nitrogen and oxygen atoms in total. The third-order valence-electron chi connectivity index (χ3n) is 6.44. The highest BCUT2D eigenvalue weighted by Gasteiger charge is 2.19. The third-order valence-corrected chi connectivity index (χ3v) is 6.44. The van der Waals surface area contributed by atoms with E-state index in [0.29, 0.717) is 6.61 Å². The maximum absolute atomic E-state index is 6.34. The Morgan fingerprint density at radius 1 is 0.710 bits per heavy atom. The molecule has 0 saturated carbocycles. The van der Waals surface area contributed by atoms with Crippen LogP contribution in [0, 0.1) is 0 Å². The molecule has 1 fully saturated rings. The molecule has 0 aromatic heterocycles. The van der Waals surface area contributed by atoms with Gasteiger partial charge in [-0.05, 0) is 32.7 Å². The van der Waals surface area contributed by atoms with E-state index in [1.165, 1.54) is 32.7 Å². The predicted octanol–water partition coefficient (Wildman–Crippen LogP) is 5.05. The fraction of sp³-hybridized carbons (Fsp3) is 0.286. The number of hydrogen-bond acceptors (Lipinski definition) is 3. The summed E-state index contributed by atoms with van der Waals surface area (Å²) in [7, 11) is 0. The molecule has 3 heteroatoms. The summed E-state index contributed by atoms with van der Waals surface area (Å²) in [6.45, 7) is 6.84. The molecule has 0 aliphatic carbocycles. The molecular weight excluding hydrogens is 380 g/mol. The number of ether oxygens (including phenoxy) is 1. The molecule has 4 aromatic rings. The van der Waals surface area contributed by atoms with E-state index in [9.17, 15) is 0 Å². The van der Waals surface area contributed by atoms with Crippen LogP contribution >= 0.6 is 0 Å². The molecule has 1 aliphatic rings. The minimum atomic E-state index is 0.195. The maximum atomic E-state index is 6.34. The van der Waals surface area contributed by atoms with Crippen molar-refractivity contribution < 1.29 is 4.74 Å². The molecule has 31 heavy (non-hydrogen) atoms. The van der Waals surface area contributed by atoms with Crippen LogP contribution in [0.5, 0.6) is 0 Å². The van der Waals surface area contributed by atoms with E-state index in [0.717, 1.165) is 39.3 Å². The fourth-order valence-electron chi connectivity index (χ4n) is 4.79. The van der Waals surface area contributed by atoms with E-state index in [2.05, 4.69) is 95.1 Å². The summed E-state index contributed by atoms with van der Waals surface area (Å²) in [5.41, 5.74) is 2.69. The first-order chi connectivity index (χ1) is 15.4. The second-order valence-corrected chi connectivity index (χ2v) is 8.36. The van der Waals surface area contributed by atoms with Crippen molar-refractivity contribution in [2.24, 2.45) is 0 Å². The van der Waals surface area contributed by atoms with Gasteiger partial charge in [0, 0.05) is 38.6 Å². The second-order valence-electron chi connectivity index (χ2n) is 8.36. The standard InChI is InChI=1S/C28H30N2O/c1-3-11-24-22(7-1)9-5-13-26(24)28(21-31-20-19-30-17-15-29-16-18-30)27-14-6-10-23-8-2-4-12-25(23)27/h1-14,28-29H,15-21H2. The van der Waals surface area contributed by atoms with Crippen LogP contribution in [-0.2, 0) is 4.74 Å². The van der Waals surface area contributed by atoms with Crippen LogP contribution in [0.15, 0.2) is 84.9 Å². The van der Waals surface area contributed by atoms with Crippen molar-refractivity contribution in [3.63, 3.8) is 0 Å². The summed E-state index contributed by atoms with van der Waals surface area (Å²) < 4.78 is 6.34. The van der Waals surface area contributed by atoms with Crippen LogP contribution in [0.25, 0.3) is 21.5 Å². The van der Waals surface area contributed by atoms with E-state index >= 15 is 0 Å². The quantitative estimate of drug-likeness (QED) is 0.432. The van der Waals surface area contributed by atoms with Gasteiger partial charge in [-0.25, -0.2) is 0 Å². The summed E-state index contributed by atoms with van der Waals surface area (Å²) in [4.78, 5) is 2.49. The monoisotopic (exact) mass is 410 g/mol. The van der Waals surface area contributed by atoms with Gasteiger partial charge >= 0.3 is 0 Å². The number of piperazine rings is 1. The van der Waals surface area contributed by atoms with Gasteiger partial charge in [0.15, 0.2) is 0 Å². The maximum Gasteiger partial charge on any atom is 0.0593 e. The van der Waals surface area contributed by atoms with Gasteiger partial charge in [0.05, 0.1) is 13.2 Å². The molecule has 0 atom stereocenters. The van der Waals surface area contributed by atoms with Gasteiger partial charge in [-0.2, -0.15) is 0 Å². The lowest BCUT2D eigenvalue weighted by Crippen LogP contribution is -2.44. The van der Waals surface area contributed by atoms with E-state index in [-0.39, 0.29) is 5.92 Å². The normalized spacial score (nSPS) is 15.1. The predicted molar refractivity (Wildman–Crippen MR) is 130 cm³/mol. The van der Waals surface area contributed by atoms with Crippen molar-refractivity contribution in [2.75, 3.05) is 45.9 Å². The smallest absolute Gasteiger partial charge is 0.0593 e. The summed E-state index contributed by atoms with van der Waals surface area (Å²) in [6, 6.07) is 30.7. The van der Waals surface area contributed by atoms with Crippen LogP contribution in [0.2, 0.25) is 0 Å². The Balaban J connectivity index is 1.46. The van der Waals surface area contributed by atoms with Crippen LogP contribution in [-0.4, -0.2) is 50.8 Å². The van der Waals surface area contributed by atoms with Crippen molar-refractivity contribution in [1.29, 1.82) is 0 Å². The number of rotatable bonds is 7. The zero-order chi connectivity index (χ0) is 20.9. The second kappa shape index (κ2) is 9.61. The van der Waals surface area contributed by atoms with Crippen molar-refractivity contribution >= 4 is 21.5 Å². The minimum Gasteiger partial charge on any atom is -0.379 e. The molecule has 1 aliphatic heterocycles. The third kappa shape index (κ3) is 4.49. The highest BCUT2D eigenvalue weighted by molar-refractivity contribution is 5.90. The molecule has 158 valence electrons. The number of nitrogens with zero attached hydrogens (tertiary/aromatic N) is 1. The SMILES string of the molecule is c1ccc2c(C(COCCN3CCNCC3)c3cccc4ccccc34)cccc2c1. The van der Waals surface area contributed by atoms with Crippen LogP contribution in [0.1, 0.15) is 17.0 Å². The summed E-state index contributed by atoms with van der Waals surface area (Å²) in [5, 5.41) is 8.61. The van der Waals surface area contributed by atoms with E-state index in [4.69, 9.17) is 4.74 Å². The lowest BCUT2D eigenvalue weighted by molar-refractivity contribution is 0.0947. The molecule has 1 saturated heterocycles. The Labute approximate surface area is 184 Å². The number of benzene rings is 4. The minimum absolute atomic E-state index is 0.195. The molecule has 4 aromatic carbocycles. The van der Waals surface area contributed by atoms with Gasteiger partial charge in [-0.1, -0.05) is 84.9 Å². The molecule has 0 radical (unpaired) electrons. The number of hydrogen-bond donors (Lipinski definition) is 1.